The van der Waals surface area contributed by atoms with Gasteiger partial charge in [-0.25, -0.2) is 4.57 Å². The molecule has 0 aliphatic carbocycles. The molecule has 0 aromatic carbocycles. The third kappa shape index (κ3) is 37.1. The molecule has 0 saturated heterocycles. The van der Waals surface area contributed by atoms with E-state index in [1.54, 1.807) is 0 Å². The summed E-state index contributed by atoms with van der Waals surface area (Å²) in [4.78, 5) is 33.7. The monoisotopic (exact) mass is 711 g/mol. The summed E-state index contributed by atoms with van der Waals surface area (Å²) in [5, 5.41) is 12.6. The minimum absolute atomic E-state index is 0.0735. The van der Waals surface area contributed by atoms with Crippen molar-refractivity contribution in [2.24, 2.45) is 0 Å². The van der Waals surface area contributed by atoms with Gasteiger partial charge >= 0.3 is 13.8 Å². The van der Waals surface area contributed by atoms with Gasteiger partial charge in [0.05, 0.1) is 13.2 Å². The van der Waals surface area contributed by atoms with Gasteiger partial charge in [0.2, 0.25) is 5.91 Å². The topological polar surface area (TPSA) is 131 Å². The van der Waals surface area contributed by atoms with E-state index >= 15 is 0 Å². The molecular formula is C39H70NO8P. The number of allylic oxidation sites excluding steroid dienone is 8. The highest BCUT2D eigenvalue weighted by atomic mass is 31.2. The lowest BCUT2D eigenvalue weighted by Crippen LogP contribution is -2.27. The Hall–Kier alpha value is -2.03. The number of phosphoric acid groups is 1. The van der Waals surface area contributed by atoms with Gasteiger partial charge in [0, 0.05) is 19.4 Å². The van der Waals surface area contributed by atoms with Crippen molar-refractivity contribution in [3.63, 3.8) is 0 Å². The molecule has 10 heteroatoms. The molecule has 0 fully saturated rings. The maximum Gasteiger partial charge on any atom is 0.472 e. The SMILES string of the molecule is CC/C=C\C/C=C\C/C=C\CCCCCCCCCC(=O)NCCOP(=O)(O)OCC(O)COC(=O)CCCCCCC/C=C\CCCC. The van der Waals surface area contributed by atoms with Crippen molar-refractivity contribution in [2.45, 2.75) is 161 Å². The summed E-state index contributed by atoms with van der Waals surface area (Å²) >= 11 is 0. The summed E-state index contributed by atoms with van der Waals surface area (Å²) in [6.07, 6.45) is 39.0. The molecule has 0 aliphatic heterocycles. The van der Waals surface area contributed by atoms with E-state index in [1.165, 1.54) is 38.5 Å². The number of ether oxygens (including phenoxy) is 1. The van der Waals surface area contributed by atoms with E-state index in [9.17, 15) is 24.2 Å². The Morgan fingerprint density at radius 2 is 1.16 bits per heavy atom. The Morgan fingerprint density at radius 1 is 0.653 bits per heavy atom. The van der Waals surface area contributed by atoms with Gasteiger partial charge in [-0.3, -0.25) is 18.6 Å². The van der Waals surface area contributed by atoms with Gasteiger partial charge in [-0.05, 0) is 64.2 Å². The number of nitrogens with one attached hydrogen (secondary N) is 1. The number of phosphoric ester groups is 1. The maximum atomic E-state index is 12.0. The second kappa shape index (κ2) is 35.8. The number of unbranched alkanes of at least 4 members (excludes halogenated alkanes) is 14. The van der Waals surface area contributed by atoms with Gasteiger partial charge in [0.1, 0.15) is 12.7 Å². The zero-order chi connectivity index (χ0) is 36.1. The normalized spacial score (nSPS) is 14.0. The van der Waals surface area contributed by atoms with Crippen LogP contribution in [0.25, 0.3) is 0 Å². The first kappa shape index (κ1) is 47.0. The average Bonchev–Trinajstić information content (AvgIpc) is 3.08. The highest BCUT2D eigenvalue weighted by Gasteiger charge is 2.23. The van der Waals surface area contributed by atoms with Crippen molar-refractivity contribution in [1.82, 2.24) is 5.32 Å². The van der Waals surface area contributed by atoms with E-state index in [0.29, 0.717) is 6.42 Å². The predicted molar refractivity (Wildman–Crippen MR) is 201 cm³/mol. The summed E-state index contributed by atoms with van der Waals surface area (Å²) in [6, 6.07) is 0. The molecular weight excluding hydrogens is 641 g/mol. The van der Waals surface area contributed by atoms with Crippen molar-refractivity contribution in [3.8, 4) is 0 Å². The van der Waals surface area contributed by atoms with Crippen molar-refractivity contribution in [1.29, 1.82) is 0 Å². The second-order valence-corrected chi connectivity index (χ2v) is 14.0. The van der Waals surface area contributed by atoms with Gasteiger partial charge in [0.15, 0.2) is 0 Å². The summed E-state index contributed by atoms with van der Waals surface area (Å²) in [5.41, 5.74) is 0. The molecule has 0 spiro atoms. The van der Waals surface area contributed by atoms with Crippen LogP contribution < -0.4 is 5.32 Å². The van der Waals surface area contributed by atoms with Gasteiger partial charge in [-0.1, -0.05) is 127 Å². The Kier molecular flexibility index (Phi) is 34.3. The molecule has 2 atom stereocenters. The Labute approximate surface area is 298 Å². The van der Waals surface area contributed by atoms with Crippen LogP contribution in [0.15, 0.2) is 48.6 Å². The third-order valence-corrected chi connectivity index (χ3v) is 8.73. The quantitative estimate of drug-likeness (QED) is 0.0256. The van der Waals surface area contributed by atoms with Crippen LogP contribution in [-0.2, 0) is 27.9 Å². The molecule has 0 aromatic rings. The number of esters is 1. The number of hydrogen-bond acceptors (Lipinski definition) is 7. The smallest absolute Gasteiger partial charge is 0.463 e. The minimum Gasteiger partial charge on any atom is -0.463 e. The highest BCUT2D eigenvalue weighted by Crippen LogP contribution is 2.42. The number of carbonyl (C=O) groups is 2. The molecule has 0 saturated carbocycles. The Morgan fingerprint density at radius 3 is 1.78 bits per heavy atom. The first-order valence-corrected chi connectivity index (χ1v) is 20.6. The van der Waals surface area contributed by atoms with Crippen molar-refractivity contribution in [3.05, 3.63) is 48.6 Å². The molecule has 1 amide bonds. The lowest BCUT2D eigenvalue weighted by molar-refractivity contribution is -0.147. The van der Waals surface area contributed by atoms with Crippen molar-refractivity contribution < 1.29 is 37.9 Å². The maximum absolute atomic E-state index is 12.0. The predicted octanol–water partition coefficient (Wildman–Crippen LogP) is 9.99. The average molecular weight is 712 g/mol. The van der Waals surface area contributed by atoms with Gasteiger partial charge in [-0.2, -0.15) is 0 Å². The lowest BCUT2D eigenvalue weighted by atomic mass is 10.1. The summed E-state index contributed by atoms with van der Waals surface area (Å²) in [7, 11) is -4.41. The molecule has 3 N–H and O–H groups in total. The van der Waals surface area contributed by atoms with Crippen LogP contribution in [0.3, 0.4) is 0 Å². The third-order valence-electron chi connectivity index (χ3n) is 7.74. The Balaban J connectivity index is 3.65. The van der Waals surface area contributed by atoms with Crippen LogP contribution in [-0.4, -0.2) is 54.3 Å². The van der Waals surface area contributed by atoms with Crippen LogP contribution in [0.2, 0.25) is 0 Å². The molecule has 0 bridgehead atoms. The number of amides is 1. The van der Waals surface area contributed by atoms with Crippen LogP contribution in [0, 0.1) is 0 Å². The van der Waals surface area contributed by atoms with E-state index < -0.39 is 26.5 Å². The van der Waals surface area contributed by atoms with E-state index in [1.807, 2.05) is 0 Å². The molecule has 0 rings (SSSR count). The number of aliphatic hydroxyl groups excluding tert-OH is 1. The van der Waals surface area contributed by atoms with Crippen LogP contribution >= 0.6 is 7.82 Å². The van der Waals surface area contributed by atoms with Crippen molar-refractivity contribution in [2.75, 3.05) is 26.4 Å². The largest absolute Gasteiger partial charge is 0.472 e. The number of hydrogen-bond donors (Lipinski definition) is 3. The fourth-order valence-corrected chi connectivity index (χ4v) is 5.60. The number of aliphatic hydroxyl groups is 1. The molecule has 0 aliphatic rings. The fourth-order valence-electron chi connectivity index (χ4n) is 4.84. The summed E-state index contributed by atoms with van der Waals surface area (Å²) in [5.74, 6) is -0.541. The summed E-state index contributed by atoms with van der Waals surface area (Å²) in [6.45, 7) is 3.36. The van der Waals surface area contributed by atoms with Crippen LogP contribution in [0.4, 0.5) is 0 Å². The molecule has 49 heavy (non-hydrogen) atoms. The Bertz CT molecular complexity index is 949. The standard InChI is InChI=1S/C39H70NO8P/c1-3-5-7-9-11-13-15-16-17-18-19-20-22-23-25-27-29-31-38(42)40-33-34-47-49(44,45)48-36-37(41)35-46-39(43)32-30-28-26-24-21-14-12-10-8-6-4-2/h5,7,10-13,16-17,37,41H,3-4,6,8-9,14-15,18-36H2,1-2H3,(H,40,42)(H,44,45)/b7-5-,12-10-,13-11-,17-16-. The molecule has 284 valence electrons. The lowest BCUT2D eigenvalue weighted by Gasteiger charge is -2.15. The first-order valence-electron chi connectivity index (χ1n) is 19.1. The number of rotatable bonds is 35. The molecule has 9 nitrogen and oxygen atoms in total. The highest BCUT2D eigenvalue weighted by molar-refractivity contribution is 7.47. The van der Waals surface area contributed by atoms with Crippen molar-refractivity contribution >= 4 is 19.7 Å². The van der Waals surface area contributed by atoms with E-state index in [0.717, 1.165) is 89.9 Å². The van der Waals surface area contributed by atoms with Gasteiger partial charge < -0.3 is 20.1 Å². The van der Waals surface area contributed by atoms with Crippen LogP contribution in [0.5, 0.6) is 0 Å². The van der Waals surface area contributed by atoms with Gasteiger partial charge in [-0.15, -0.1) is 0 Å². The zero-order valence-corrected chi connectivity index (χ0v) is 31.8. The second-order valence-electron chi connectivity index (χ2n) is 12.5. The molecule has 0 aromatic heterocycles. The number of carbonyl (C=O) groups excluding carboxylic acids is 2. The first-order chi connectivity index (χ1) is 23.8. The van der Waals surface area contributed by atoms with Gasteiger partial charge in [0.25, 0.3) is 0 Å². The summed E-state index contributed by atoms with van der Waals surface area (Å²) < 4.78 is 26.7. The molecule has 0 radical (unpaired) electrons. The van der Waals surface area contributed by atoms with E-state index in [2.05, 4.69) is 67.8 Å². The van der Waals surface area contributed by atoms with E-state index in [4.69, 9.17) is 13.8 Å². The molecule has 0 heterocycles. The fraction of sp³-hybridized carbons (Fsp3) is 0.744. The minimum atomic E-state index is -4.41. The van der Waals surface area contributed by atoms with E-state index in [-0.39, 0.29) is 32.1 Å². The van der Waals surface area contributed by atoms with Crippen LogP contribution in [0.1, 0.15) is 155 Å². The molecule has 2 unspecified atom stereocenters. The zero-order valence-electron chi connectivity index (χ0n) is 30.9.